The minimum atomic E-state index is 0.509. The molecule has 28 heavy (non-hydrogen) atoms. The Bertz CT molecular complexity index is 980. The van der Waals surface area contributed by atoms with E-state index >= 15 is 0 Å². The Morgan fingerprint density at radius 1 is 1.11 bits per heavy atom. The number of nitrogens with one attached hydrogen (secondary N) is 1. The van der Waals surface area contributed by atoms with Gasteiger partial charge in [-0.25, -0.2) is 4.98 Å². The van der Waals surface area contributed by atoms with Crippen LogP contribution in [0, 0.1) is 5.92 Å². The molecule has 0 bridgehead atoms. The minimum absolute atomic E-state index is 0.509. The van der Waals surface area contributed by atoms with E-state index in [0.717, 1.165) is 54.0 Å². The van der Waals surface area contributed by atoms with Crippen LogP contribution in [0.1, 0.15) is 26.7 Å². The third-order valence-electron chi connectivity index (χ3n) is 5.80. The van der Waals surface area contributed by atoms with Gasteiger partial charge in [0, 0.05) is 48.0 Å². The van der Waals surface area contributed by atoms with Crippen LogP contribution in [0.15, 0.2) is 55.1 Å². The molecule has 3 heterocycles. The Hall–Kier alpha value is -2.66. The highest BCUT2D eigenvalue weighted by atomic mass is 15.2. The second-order valence-corrected chi connectivity index (χ2v) is 8.09. The molecule has 2 aromatic heterocycles. The summed E-state index contributed by atoms with van der Waals surface area (Å²) < 4.78 is 1.83. The highest BCUT2D eigenvalue weighted by Crippen LogP contribution is 2.28. The summed E-state index contributed by atoms with van der Waals surface area (Å²) in [6, 6.07) is 9.17. The molecule has 1 aromatic carbocycles. The number of hydrogen-bond acceptors (Lipinski definition) is 4. The average molecular weight is 376 g/mol. The fraction of sp³-hybridized carbons (Fsp3) is 0.391. The lowest BCUT2D eigenvalue weighted by Gasteiger charge is -2.35. The number of allylic oxidation sites excluding steroid dienone is 1. The van der Waals surface area contributed by atoms with E-state index in [4.69, 9.17) is 0 Å². The van der Waals surface area contributed by atoms with E-state index in [1.54, 1.807) is 0 Å². The molecule has 5 heteroatoms. The van der Waals surface area contributed by atoms with E-state index in [0.29, 0.717) is 12.0 Å². The zero-order valence-corrected chi connectivity index (χ0v) is 17.0. The highest BCUT2D eigenvalue weighted by molar-refractivity contribution is 5.88. The van der Waals surface area contributed by atoms with E-state index in [2.05, 4.69) is 65.0 Å². The Labute approximate surface area is 167 Å². The van der Waals surface area contributed by atoms with Crippen LogP contribution in [-0.2, 0) is 7.05 Å². The molecule has 0 spiro atoms. The molecule has 0 aliphatic carbocycles. The Morgan fingerprint density at radius 3 is 2.57 bits per heavy atom. The summed E-state index contributed by atoms with van der Waals surface area (Å²) in [5, 5.41) is 10.0. The maximum absolute atomic E-state index is 4.59. The number of benzene rings is 1. The topological polar surface area (TPSA) is 46.0 Å². The molecular weight excluding hydrogens is 346 g/mol. The first kappa shape index (κ1) is 18.7. The molecule has 4 rings (SSSR count). The third-order valence-corrected chi connectivity index (χ3v) is 5.80. The lowest BCUT2D eigenvalue weighted by Crippen LogP contribution is -2.39. The Morgan fingerprint density at radius 2 is 1.89 bits per heavy atom. The van der Waals surface area contributed by atoms with Crippen LogP contribution in [0.5, 0.6) is 0 Å². The standard InChI is InChI=1S/C23H29N5/c1-16(2)28-9-7-18(8-10-28)17(3)26-23-12-21-11-19(5-6-20(21)13-24-23)22-14-25-27(4)15-22/h5-6,11-16,18H,3,7-10H2,1-2,4H3,(H,24,26). The quantitative estimate of drug-likeness (QED) is 0.703. The predicted octanol–water partition coefficient (Wildman–Crippen LogP) is 4.68. The van der Waals surface area contributed by atoms with Crippen molar-refractivity contribution in [3.63, 3.8) is 0 Å². The number of likely N-dealkylation sites (tertiary alicyclic amines) is 1. The lowest BCUT2D eigenvalue weighted by atomic mass is 9.93. The molecule has 1 aliphatic rings. The summed E-state index contributed by atoms with van der Waals surface area (Å²) in [7, 11) is 1.94. The van der Waals surface area contributed by atoms with Gasteiger partial charge in [-0.15, -0.1) is 0 Å². The molecule has 1 saturated heterocycles. The molecule has 3 aromatic rings. The van der Waals surface area contributed by atoms with E-state index in [-0.39, 0.29) is 0 Å². The molecule has 146 valence electrons. The summed E-state index contributed by atoms with van der Waals surface area (Å²) in [5.41, 5.74) is 3.37. The summed E-state index contributed by atoms with van der Waals surface area (Å²) >= 11 is 0. The van der Waals surface area contributed by atoms with Crippen molar-refractivity contribution in [3.05, 3.63) is 55.1 Å². The summed E-state index contributed by atoms with van der Waals surface area (Å²) in [5.74, 6) is 1.38. The number of nitrogens with zero attached hydrogens (tertiary/aromatic N) is 4. The van der Waals surface area contributed by atoms with Crippen LogP contribution in [0.4, 0.5) is 5.82 Å². The second-order valence-electron chi connectivity index (χ2n) is 8.09. The normalized spacial score (nSPS) is 16.0. The van der Waals surface area contributed by atoms with Crippen molar-refractivity contribution in [1.29, 1.82) is 0 Å². The number of anilines is 1. The number of piperidine rings is 1. The Kier molecular flexibility index (Phi) is 5.18. The van der Waals surface area contributed by atoms with Crippen molar-refractivity contribution in [2.45, 2.75) is 32.7 Å². The van der Waals surface area contributed by atoms with E-state index in [1.165, 1.54) is 5.39 Å². The van der Waals surface area contributed by atoms with Crippen molar-refractivity contribution < 1.29 is 0 Å². The van der Waals surface area contributed by atoms with Gasteiger partial charge >= 0.3 is 0 Å². The van der Waals surface area contributed by atoms with E-state index in [1.807, 2.05) is 30.3 Å². The summed E-state index contributed by atoms with van der Waals surface area (Å²) in [6.07, 6.45) is 8.17. The van der Waals surface area contributed by atoms with Crippen LogP contribution >= 0.6 is 0 Å². The summed E-state index contributed by atoms with van der Waals surface area (Å²) in [6.45, 7) is 11.1. The van der Waals surface area contributed by atoms with E-state index < -0.39 is 0 Å². The summed E-state index contributed by atoms with van der Waals surface area (Å²) in [4.78, 5) is 7.13. The largest absolute Gasteiger partial charge is 0.344 e. The molecule has 0 radical (unpaired) electrons. The number of rotatable bonds is 5. The zero-order chi connectivity index (χ0) is 19.7. The first-order valence-corrected chi connectivity index (χ1v) is 10.1. The monoisotopic (exact) mass is 375 g/mol. The molecule has 1 N–H and O–H groups in total. The average Bonchev–Trinajstić information content (AvgIpc) is 3.14. The Balaban J connectivity index is 1.49. The van der Waals surface area contributed by atoms with Crippen LogP contribution in [0.25, 0.3) is 21.9 Å². The highest BCUT2D eigenvalue weighted by Gasteiger charge is 2.22. The van der Waals surface area contributed by atoms with Crippen LogP contribution in [0.2, 0.25) is 0 Å². The third kappa shape index (κ3) is 3.94. The molecule has 5 nitrogen and oxygen atoms in total. The van der Waals surface area contributed by atoms with Gasteiger partial charge in [-0.3, -0.25) is 4.68 Å². The molecular formula is C23H29N5. The smallest absolute Gasteiger partial charge is 0.130 e. The van der Waals surface area contributed by atoms with Crippen molar-refractivity contribution in [1.82, 2.24) is 19.7 Å². The van der Waals surface area contributed by atoms with Crippen molar-refractivity contribution in [2.75, 3.05) is 18.4 Å². The fourth-order valence-corrected chi connectivity index (χ4v) is 3.99. The van der Waals surface area contributed by atoms with Gasteiger partial charge in [0.25, 0.3) is 0 Å². The van der Waals surface area contributed by atoms with Gasteiger partial charge in [0.05, 0.1) is 6.20 Å². The lowest BCUT2D eigenvalue weighted by molar-refractivity contribution is 0.161. The molecule has 0 atom stereocenters. The molecule has 0 unspecified atom stereocenters. The molecule has 1 aliphatic heterocycles. The number of aryl methyl sites for hydroxylation is 1. The fourth-order valence-electron chi connectivity index (χ4n) is 3.99. The van der Waals surface area contributed by atoms with Crippen LogP contribution < -0.4 is 5.32 Å². The van der Waals surface area contributed by atoms with Crippen molar-refractivity contribution >= 4 is 16.6 Å². The molecule has 1 fully saturated rings. The number of hydrogen-bond donors (Lipinski definition) is 1. The minimum Gasteiger partial charge on any atom is -0.344 e. The van der Waals surface area contributed by atoms with Gasteiger partial charge in [0.15, 0.2) is 0 Å². The van der Waals surface area contributed by atoms with Gasteiger partial charge in [0.2, 0.25) is 0 Å². The SMILES string of the molecule is C=C(Nc1cc2cc(-c3cnn(C)c3)ccc2cn1)C1CCN(C(C)C)CC1. The molecule has 0 amide bonds. The van der Waals surface area contributed by atoms with Crippen molar-refractivity contribution in [2.24, 2.45) is 13.0 Å². The van der Waals surface area contributed by atoms with E-state index in [9.17, 15) is 0 Å². The van der Waals surface area contributed by atoms with Crippen LogP contribution in [0.3, 0.4) is 0 Å². The molecule has 0 saturated carbocycles. The van der Waals surface area contributed by atoms with Gasteiger partial charge in [-0.2, -0.15) is 5.10 Å². The van der Waals surface area contributed by atoms with Crippen LogP contribution in [-0.4, -0.2) is 38.8 Å². The van der Waals surface area contributed by atoms with Crippen molar-refractivity contribution in [3.8, 4) is 11.1 Å². The first-order chi connectivity index (χ1) is 13.5. The van der Waals surface area contributed by atoms with Gasteiger partial charge in [-0.05, 0) is 62.9 Å². The maximum atomic E-state index is 4.59. The zero-order valence-electron chi connectivity index (χ0n) is 17.0. The van der Waals surface area contributed by atoms with Gasteiger partial charge < -0.3 is 10.2 Å². The predicted molar refractivity (Wildman–Crippen MR) is 116 cm³/mol. The first-order valence-electron chi connectivity index (χ1n) is 10.1. The maximum Gasteiger partial charge on any atom is 0.130 e. The second kappa shape index (κ2) is 7.76. The number of fused-ring (bicyclic) bond motifs is 1. The van der Waals surface area contributed by atoms with Gasteiger partial charge in [0.1, 0.15) is 5.82 Å². The number of pyridine rings is 1. The van der Waals surface area contributed by atoms with Gasteiger partial charge in [-0.1, -0.05) is 18.7 Å². The number of aromatic nitrogens is 3.